The van der Waals surface area contributed by atoms with E-state index in [1.165, 1.54) is 38.1 Å². The van der Waals surface area contributed by atoms with Crippen LogP contribution in [0.15, 0.2) is 24.3 Å². The molecule has 2 aliphatic heterocycles. The summed E-state index contributed by atoms with van der Waals surface area (Å²) in [5.41, 5.74) is 0.225. The average molecular weight is 312 g/mol. The van der Waals surface area contributed by atoms with Gasteiger partial charge in [0.1, 0.15) is 0 Å². The molecule has 1 unspecified atom stereocenters. The van der Waals surface area contributed by atoms with Gasteiger partial charge in [0, 0.05) is 19.1 Å². The number of nitrogens with zero attached hydrogens (tertiary/aromatic N) is 2. The highest BCUT2D eigenvalue weighted by Gasteiger charge is 2.31. The quantitative estimate of drug-likeness (QED) is 0.835. The van der Waals surface area contributed by atoms with Crippen LogP contribution in [0.25, 0.3) is 0 Å². The molecule has 1 atom stereocenters. The fraction of sp³-hybridized carbons (Fsp3) is 0.647. The van der Waals surface area contributed by atoms with Crippen molar-refractivity contribution >= 4 is 0 Å². The monoisotopic (exact) mass is 312 g/mol. The van der Waals surface area contributed by atoms with E-state index in [2.05, 4.69) is 9.80 Å². The third kappa shape index (κ3) is 3.82. The first-order chi connectivity index (χ1) is 10.5. The second-order valence-electron chi connectivity index (χ2n) is 6.47. The molecule has 0 N–H and O–H groups in total. The molecular weight excluding hydrogens is 289 g/mol. The molecule has 1 aromatic rings. The Morgan fingerprint density at radius 1 is 1.05 bits per heavy atom. The van der Waals surface area contributed by atoms with Gasteiger partial charge < -0.3 is 4.90 Å². The van der Waals surface area contributed by atoms with E-state index >= 15 is 0 Å². The van der Waals surface area contributed by atoms with Gasteiger partial charge in [0.15, 0.2) is 0 Å². The van der Waals surface area contributed by atoms with Gasteiger partial charge in [0.2, 0.25) is 0 Å². The predicted octanol–water partition coefficient (Wildman–Crippen LogP) is 3.77. The van der Waals surface area contributed by atoms with Crippen LogP contribution in [-0.4, -0.2) is 42.0 Å². The zero-order valence-electron chi connectivity index (χ0n) is 12.8. The molecule has 2 nitrogen and oxygen atoms in total. The van der Waals surface area contributed by atoms with Gasteiger partial charge in [-0.05, 0) is 56.9 Å². The molecular formula is C17H23F3N2. The molecule has 0 aliphatic carbocycles. The maximum Gasteiger partial charge on any atom is 0.416 e. The van der Waals surface area contributed by atoms with Crippen LogP contribution in [-0.2, 0) is 12.7 Å². The SMILES string of the molecule is FC(F)(F)c1cccc(CN2CCCC2CN2CCCC2)c1. The van der Waals surface area contributed by atoms with E-state index in [1.807, 2.05) is 0 Å². The Kier molecular flexibility index (Phi) is 4.73. The van der Waals surface area contributed by atoms with Crippen molar-refractivity contribution < 1.29 is 13.2 Å². The summed E-state index contributed by atoms with van der Waals surface area (Å²) in [4.78, 5) is 4.85. The van der Waals surface area contributed by atoms with Crippen LogP contribution in [0.5, 0.6) is 0 Å². The summed E-state index contributed by atoms with van der Waals surface area (Å²) >= 11 is 0. The van der Waals surface area contributed by atoms with Gasteiger partial charge in [-0.25, -0.2) is 0 Å². The number of likely N-dealkylation sites (tertiary alicyclic amines) is 2. The summed E-state index contributed by atoms with van der Waals surface area (Å²) in [6.07, 6.45) is 0.615. The molecule has 2 fully saturated rings. The molecule has 0 spiro atoms. The number of hydrogen-bond acceptors (Lipinski definition) is 2. The maximum absolute atomic E-state index is 12.8. The number of hydrogen-bond donors (Lipinski definition) is 0. The Labute approximate surface area is 129 Å². The molecule has 22 heavy (non-hydrogen) atoms. The molecule has 0 aromatic heterocycles. The fourth-order valence-corrected chi connectivity index (χ4v) is 3.65. The molecule has 122 valence electrons. The van der Waals surface area contributed by atoms with E-state index in [1.54, 1.807) is 6.07 Å². The highest BCUT2D eigenvalue weighted by atomic mass is 19.4. The number of benzene rings is 1. The van der Waals surface area contributed by atoms with Crippen LogP contribution >= 0.6 is 0 Å². The second kappa shape index (κ2) is 6.59. The summed E-state index contributed by atoms with van der Waals surface area (Å²) in [7, 11) is 0. The molecule has 0 radical (unpaired) electrons. The van der Waals surface area contributed by atoms with Crippen molar-refractivity contribution in [2.75, 3.05) is 26.2 Å². The molecule has 0 saturated carbocycles. The maximum atomic E-state index is 12.8. The lowest BCUT2D eigenvalue weighted by Crippen LogP contribution is -2.38. The standard InChI is InChI=1S/C17H23F3N2/c18-17(19,20)15-6-3-5-14(11-15)12-22-10-4-7-16(22)13-21-8-1-2-9-21/h3,5-6,11,16H,1-2,4,7-10,12-13H2. The Morgan fingerprint density at radius 2 is 1.82 bits per heavy atom. The number of rotatable bonds is 4. The van der Waals surface area contributed by atoms with Crippen LogP contribution < -0.4 is 0 Å². The second-order valence-corrected chi connectivity index (χ2v) is 6.47. The largest absolute Gasteiger partial charge is 0.416 e. The van der Waals surface area contributed by atoms with Gasteiger partial charge in [-0.2, -0.15) is 13.2 Å². The van der Waals surface area contributed by atoms with Gasteiger partial charge >= 0.3 is 6.18 Å². The molecule has 5 heteroatoms. The topological polar surface area (TPSA) is 6.48 Å². The van der Waals surface area contributed by atoms with Gasteiger partial charge in [-0.1, -0.05) is 18.2 Å². The highest BCUT2D eigenvalue weighted by Crippen LogP contribution is 2.30. The minimum atomic E-state index is -4.25. The molecule has 1 aromatic carbocycles. The minimum Gasteiger partial charge on any atom is -0.302 e. The Balaban J connectivity index is 1.64. The van der Waals surface area contributed by atoms with Crippen LogP contribution in [0.2, 0.25) is 0 Å². The fourth-order valence-electron chi connectivity index (χ4n) is 3.65. The predicted molar refractivity (Wildman–Crippen MR) is 80.6 cm³/mol. The lowest BCUT2D eigenvalue weighted by molar-refractivity contribution is -0.137. The van der Waals surface area contributed by atoms with Crippen LogP contribution in [0.1, 0.15) is 36.8 Å². The smallest absolute Gasteiger partial charge is 0.302 e. The highest BCUT2D eigenvalue weighted by molar-refractivity contribution is 5.25. The van der Waals surface area contributed by atoms with Crippen molar-refractivity contribution in [3.63, 3.8) is 0 Å². The van der Waals surface area contributed by atoms with Crippen molar-refractivity contribution in [3.05, 3.63) is 35.4 Å². The van der Waals surface area contributed by atoms with Gasteiger partial charge in [0.25, 0.3) is 0 Å². The molecule has 0 bridgehead atoms. The Bertz CT molecular complexity index is 495. The summed E-state index contributed by atoms with van der Waals surface area (Å²) in [6.45, 7) is 5.04. The van der Waals surface area contributed by atoms with Crippen molar-refractivity contribution in [1.29, 1.82) is 0 Å². The number of halogens is 3. The summed E-state index contributed by atoms with van der Waals surface area (Å²) in [5, 5.41) is 0. The van der Waals surface area contributed by atoms with Crippen molar-refractivity contribution in [1.82, 2.24) is 9.80 Å². The molecule has 3 rings (SSSR count). The van der Waals surface area contributed by atoms with E-state index in [0.29, 0.717) is 12.6 Å². The third-order valence-corrected chi connectivity index (χ3v) is 4.81. The van der Waals surface area contributed by atoms with E-state index < -0.39 is 11.7 Å². The lowest BCUT2D eigenvalue weighted by Gasteiger charge is -2.28. The van der Waals surface area contributed by atoms with Crippen LogP contribution in [0.3, 0.4) is 0 Å². The third-order valence-electron chi connectivity index (χ3n) is 4.81. The Hall–Kier alpha value is -1.07. The van der Waals surface area contributed by atoms with Crippen LogP contribution in [0, 0.1) is 0 Å². The molecule has 2 heterocycles. The average Bonchev–Trinajstić information content (AvgIpc) is 3.12. The first-order valence-electron chi connectivity index (χ1n) is 8.15. The van der Waals surface area contributed by atoms with Gasteiger partial charge in [-0.15, -0.1) is 0 Å². The zero-order chi connectivity index (χ0) is 15.6. The minimum absolute atomic E-state index is 0.493. The molecule has 0 amide bonds. The lowest BCUT2D eigenvalue weighted by atomic mass is 10.1. The molecule has 2 saturated heterocycles. The number of alkyl halides is 3. The summed E-state index contributed by atoms with van der Waals surface area (Å²) in [6, 6.07) is 6.26. The normalized spacial score (nSPS) is 24.2. The van der Waals surface area contributed by atoms with Gasteiger partial charge in [-0.3, -0.25) is 4.90 Å². The molecule has 2 aliphatic rings. The first kappa shape index (κ1) is 15.8. The van der Waals surface area contributed by atoms with E-state index in [0.717, 1.165) is 37.6 Å². The van der Waals surface area contributed by atoms with E-state index in [-0.39, 0.29) is 0 Å². The van der Waals surface area contributed by atoms with Crippen molar-refractivity contribution in [2.45, 2.75) is 44.4 Å². The zero-order valence-corrected chi connectivity index (χ0v) is 12.8. The first-order valence-corrected chi connectivity index (χ1v) is 8.15. The van der Waals surface area contributed by atoms with E-state index in [4.69, 9.17) is 0 Å². The van der Waals surface area contributed by atoms with E-state index in [9.17, 15) is 13.2 Å². The summed E-state index contributed by atoms with van der Waals surface area (Å²) < 4.78 is 38.4. The van der Waals surface area contributed by atoms with Crippen LogP contribution in [0.4, 0.5) is 13.2 Å². The Morgan fingerprint density at radius 3 is 2.55 bits per heavy atom. The summed E-state index contributed by atoms with van der Waals surface area (Å²) in [5.74, 6) is 0. The van der Waals surface area contributed by atoms with Crippen molar-refractivity contribution in [3.8, 4) is 0 Å². The van der Waals surface area contributed by atoms with Crippen molar-refractivity contribution in [2.24, 2.45) is 0 Å². The van der Waals surface area contributed by atoms with Gasteiger partial charge in [0.05, 0.1) is 5.56 Å².